The summed E-state index contributed by atoms with van der Waals surface area (Å²) < 4.78 is 24.5. The first-order valence-corrected chi connectivity index (χ1v) is 12.2. The highest BCUT2D eigenvalue weighted by molar-refractivity contribution is 7.10. The van der Waals surface area contributed by atoms with Crippen LogP contribution in [0.3, 0.4) is 0 Å². The zero-order chi connectivity index (χ0) is 23.6. The molecule has 0 saturated carbocycles. The minimum Gasteiger partial charge on any atom is -0.491 e. The fourth-order valence-electron chi connectivity index (χ4n) is 4.05. The van der Waals surface area contributed by atoms with Crippen LogP contribution in [0.1, 0.15) is 29.8 Å². The molecule has 1 aromatic carbocycles. The van der Waals surface area contributed by atoms with Gasteiger partial charge in [0.15, 0.2) is 0 Å². The molecule has 0 fully saturated rings. The SMILES string of the molecule is C=CCOC[C@@H](O)CN(CCC)CC(=O)N1CCc2sccc2[C@H]1COc1ccc(F)cc1. The van der Waals surface area contributed by atoms with E-state index in [1.165, 1.54) is 17.0 Å². The van der Waals surface area contributed by atoms with E-state index < -0.39 is 6.10 Å². The Morgan fingerprint density at radius 3 is 2.91 bits per heavy atom. The molecule has 0 saturated heterocycles. The van der Waals surface area contributed by atoms with E-state index in [1.54, 1.807) is 29.5 Å². The summed E-state index contributed by atoms with van der Waals surface area (Å²) in [5.41, 5.74) is 1.11. The number of fused-ring (bicyclic) bond motifs is 1. The van der Waals surface area contributed by atoms with Crippen LogP contribution in [0.15, 0.2) is 48.4 Å². The molecule has 1 aliphatic heterocycles. The lowest BCUT2D eigenvalue weighted by Crippen LogP contribution is -2.48. The molecule has 0 aliphatic carbocycles. The van der Waals surface area contributed by atoms with Gasteiger partial charge in [-0.3, -0.25) is 9.69 Å². The van der Waals surface area contributed by atoms with E-state index in [4.69, 9.17) is 9.47 Å². The van der Waals surface area contributed by atoms with E-state index >= 15 is 0 Å². The number of thiophene rings is 1. The fourth-order valence-corrected chi connectivity index (χ4v) is 4.98. The Morgan fingerprint density at radius 2 is 2.18 bits per heavy atom. The van der Waals surface area contributed by atoms with E-state index in [2.05, 4.69) is 19.6 Å². The molecule has 0 unspecified atom stereocenters. The summed E-state index contributed by atoms with van der Waals surface area (Å²) in [7, 11) is 0. The van der Waals surface area contributed by atoms with E-state index in [0.717, 1.165) is 18.4 Å². The fraction of sp³-hybridized carbons (Fsp3) is 0.480. The minimum atomic E-state index is -0.674. The third-order valence-corrected chi connectivity index (χ3v) is 6.55. The van der Waals surface area contributed by atoms with E-state index in [0.29, 0.717) is 38.6 Å². The molecule has 2 aromatic rings. The number of ether oxygens (including phenoxy) is 2. The van der Waals surface area contributed by atoms with Crippen molar-refractivity contribution < 1.29 is 23.8 Å². The number of aliphatic hydroxyl groups excluding tert-OH is 1. The second-order valence-electron chi connectivity index (χ2n) is 8.13. The van der Waals surface area contributed by atoms with Gasteiger partial charge in [-0.25, -0.2) is 4.39 Å². The summed E-state index contributed by atoms with van der Waals surface area (Å²) in [6, 6.07) is 7.77. The van der Waals surface area contributed by atoms with Crippen LogP contribution in [0.2, 0.25) is 0 Å². The van der Waals surface area contributed by atoms with Crippen molar-refractivity contribution in [3.63, 3.8) is 0 Å². The van der Waals surface area contributed by atoms with Gasteiger partial charge < -0.3 is 19.5 Å². The molecule has 2 heterocycles. The number of nitrogens with zero attached hydrogens (tertiary/aromatic N) is 2. The Labute approximate surface area is 199 Å². The number of amides is 1. The van der Waals surface area contributed by atoms with Crippen LogP contribution >= 0.6 is 11.3 Å². The van der Waals surface area contributed by atoms with Gasteiger partial charge in [-0.15, -0.1) is 17.9 Å². The lowest BCUT2D eigenvalue weighted by atomic mass is 10.0. The third-order valence-electron chi connectivity index (χ3n) is 5.55. The zero-order valence-corrected chi connectivity index (χ0v) is 19.9. The first kappa shape index (κ1) is 25.4. The summed E-state index contributed by atoms with van der Waals surface area (Å²) in [5.74, 6) is 0.263. The first-order chi connectivity index (χ1) is 16.0. The second-order valence-corrected chi connectivity index (χ2v) is 9.13. The average Bonchev–Trinajstić information content (AvgIpc) is 3.28. The molecule has 180 valence electrons. The van der Waals surface area contributed by atoms with Gasteiger partial charge in [0.25, 0.3) is 0 Å². The van der Waals surface area contributed by atoms with Crippen LogP contribution in [0.25, 0.3) is 0 Å². The predicted molar refractivity (Wildman–Crippen MR) is 128 cm³/mol. The largest absolute Gasteiger partial charge is 0.491 e. The van der Waals surface area contributed by atoms with Crippen molar-refractivity contribution in [2.24, 2.45) is 0 Å². The molecule has 8 heteroatoms. The van der Waals surface area contributed by atoms with Crippen molar-refractivity contribution in [1.29, 1.82) is 0 Å². The smallest absolute Gasteiger partial charge is 0.237 e. The number of halogens is 1. The van der Waals surface area contributed by atoms with Gasteiger partial charge in [-0.05, 0) is 60.7 Å². The number of carbonyl (C=O) groups is 1. The minimum absolute atomic E-state index is 0.00668. The van der Waals surface area contributed by atoms with Gasteiger partial charge in [0.05, 0.1) is 31.9 Å². The predicted octanol–water partition coefficient (Wildman–Crippen LogP) is 3.67. The average molecular weight is 477 g/mol. The van der Waals surface area contributed by atoms with E-state index in [9.17, 15) is 14.3 Å². The van der Waals surface area contributed by atoms with Gasteiger partial charge >= 0.3 is 0 Å². The highest BCUT2D eigenvalue weighted by atomic mass is 32.1. The molecule has 1 amide bonds. The van der Waals surface area contributed by atoms with E-state index in [-0.39, 0.29) is 30.9 Å². The van der Waals surface area contributed by atoms with Gasteiger partial charge in [0, 0.05) is 18.0 Å². The maximum Gasteiger partial charge on any atom is 0.237 e. The van der Waals surface area contributed by atoms with Crippen molar-refractivity contribution in [2.45, 2.75) is 31.9 Å². The summed E-state index contributed by atoms with van der Waals surface area (Å²) in [5, 5.41) is 12.4. The van der Waals surface area contributed by atoms with Crippen LogP contribution in [0.5, 0.6) is 5.75 Å². The number of aliphatic hydroxyl groups is 1. The molecule has 1 aromatic heterocycles. The summed E-state index contributed by atoms with van der Waals surface area (Å²) in [6.45, 7) is 8.46. The Kier molecular flexibility index (Phi) is 9.87. The molecular formula is C25H33FN2O4S. The zero-order valence-electron chi connectivity index (χ0n) is 19.1. The molecule has 3 rings (SSSR count). The van der Waals surface area contributed by atoms with Gasteiger partial charge in [-0.1, -0.05) is 13.0 Å². The Bertz CT molecular complexity index is 889. The Hall–Kier alpha value is -2.26. The van der Waals surface area contributed by atoms with Crippen LogP contribution in [0, 0.1) is 5.82 Å². The van der Waals surface area contributed by atoms with E-state index in [1.807, 2.05) is 15.2 Å². The van der Waals surface area contributed by atoms with Gasteiger partial charge in [0.1, 0.15) is 18.2 Å². The number of benzene rings is 1. The molecule has 0 bridgehead atoms. The van der Waals surface area contributed by atoms with Crippen molar-refractivity contribution in [3.8, 4) is 5.75 Å². The molecule has 1 aliphatic rings. The van der Waals surface area contributed by atoms with Crippen molar-refractivity contribution >= 4 is 17.2 Å². The molecule has 33 heavy (non-hydrogen) atoms. The topological polar surface area (TPSA) is 62.2 Å². The molecular weight excluding hydrogens is 443 g/mol. The molecule has 0 radical (unpaired) electrons. The second kappa shape index (κ2) is 12.8. The highest BCUT2D eigenvalue weighted by Crippen LogP contribution is 2.34. The van der Waals surface area contributed by atoms with Crippen LogP contribution in [0.4, 0.5) is 4.39 Å². The number of hydrogen-bond donors (Lipinski definition) is 1. The van der Waals surface area contributed by atoms with Crippen LogP contribution < -0.4 is 4.74 Å². The van der Waals surface area contributed by atoms with Crippen LogP contribution in [-0.2, 0) is 16.0 Å². The van der Waals surface area contributed by atoms with Crippen molar-refractivity contribution in [3.05, 3.63) is 64.6 Å². The molecule has 6 nitrogen and oxygen atoms in total. The van der Waals surface area contributed by atoms with Gasteiger partial charge in [-0.2, -0.15) is 0 Å². The van der Waals surface area contributed by atoms with Crippen molar-refractivity contribution in [1.82, 2.24) is 9.80 Å². The Balaban J connectivity index is 1.66. The monoisotopic (exact) mass is 476 g/mol. The normalized spacial score (nSPS) is 16.5. The lowest BCUT2D eigenvalue weighted by Gasteiger charge is -2.37. The lowest BCUT2D eigenvalue weighted by molar-refractivity contribution is -0.136. The number of rotatable bonds is 13. The highest BCUT2D eigenvalue weighted by Gasteiger charge is 2.33. The van der Waals surface area contributed by atoms with Crippen molar-refractivity contribution in [2.75, 3.05) is 46.0 Å². The summed E-state index contributed by atoms with van der Waals surface area (Å²) in [4.78, 5) is 18.5. The van der Waals surface area contributed by atoms with Crippen LogP contribution in [-0.4, -0.2) is 72.9 Å². The van der Waals surface area contributed by atoms with Gasteiger partial charge in [0.2, 0.25) is 5.91 Å². The standard InChI is InChI=1S/C25H33FN2O4S/c1-3-11-27(15-20(29)17-31-13-4-2)16-25(30)28-12-9-24-22(10-14-33-24)23(28)18-32-21-7-5-19(26)6-8-21/h4-8,10,14,20,23,29H,2-3,9,11-13,15-18H2,1H3/t20-,23+/m0/s1. The number of carbonyl (C=O) groups excluding carboxylic acids is 1. The molecule has 1 N–H and O–H groups in total. The Morgan fingerprint density at radius 1 is 1.39 bits per heavy atom. The third kappa shape index (κ3) is 7.37. The summed E-state index contributed by atoms with van der Waals surface area (Å²) >= 11 is 1.70. The quantitative estimate of drug-likeness (QED) is 0.353. The first-order valence-electron chi connectivity index (χ1n) is 11.3. The maximum absolute atomic E-state index is 13.4. The molecule has 0 spiro atoms. The maximum atomic E-state index is 13.4. The number of hydrogen-bond acceptors (Lipinski definition) is 6. The molecule has 2 atom stereocenters. The summed E-state index contributed by atoms with van der Waals surface area (Å²) in [6.07, 6.45) is 2.66.